The van der Waals surface area contributed by atoms with Gasteiger partial charge in [0.2, 0.25) is 0 Å². The highest BCUT2D eigenvalue weighted by Gasteiger charge is 2.30. The Bertz CT molecular complexity index is 438. The first-order valence-corrected chi connectivity index (χ1v) is 5.86. The van der Waals surface area contributed by atoms with Crippen LogP contribution in [0.2, 0.25) is 0 Å². The van der Waals surface area contributed by atoms with Crippen LogP contribution in [0.1, 0.15) is 17.2 Å². The number of benzene rings is 1. The van der Waals surface area contributed by atoms with Gasteiger partial charge in [-0.3, -0.25) is 5.32 Å². The summed E-state index contributed by atoms with van der Waals surface area (Å²) in [5.41, 5.74) is 1.64. The molecule has 16 heavy (non-hydrogen) atoms. The minimum Gasteiger partial charge on any atom is -0.479 e. The largest absolute Gasteiger partial charge is 0.479 e. The van der Waals surface area contributed by atoms with Crippen molar-refractivity contribution in [3.8, 4) is 6.07 Å². The van der Waals surface area contributed by atoms with Crippen LogP contribution in [-0.4, -0.2) is 22.2 Å². The summed E-state index contributed by atoms with van der Waals surface area (Å²) in [4.78, 5) is 10.8. The Morgan fingerprint density at radius 1 is 1.50 bits per heavy atom. The fourth-order valence-corrected chi connectivity index (χ4v) is 2.67. The lowest BCUT2D eigenvalue weighted by Crippen LogP contribution is -2.30. The molecule has 1 aromatic rings. The number of carboxylic acids is 1. The van der Waals surface area contributed by atoms with E-state index in [2.05, 4.69) is 11.4 Å². The highest BCUT2D eigenvalue weighted by molar-refractivity contribution is 8.00. The Balaban J connectivity index is 2.09. The van der Waals surface area contributed by atoms with Crippen LogP contribution in [0.3, 0.4) is 0 Å². The van der Waals surface area contributed by atoms with Crippen LogP contribution in [0.5, 0.6) is 0 Å². The molecule has 4 nitrogen and oxygen atoms in total. The molecule has 82 valence electrons. The number of thioether (sulfide) groups is 1. The molecule has 0 spiro atoms. The van der Waals surface area contributed by atoms with Crippen molar-refractivity contribution >= 4 is 17.7 Å². The van der Waals surface area contributed by atoms with Gasteiger partial charge in [-0.05, 0) is 17.7 Å². The molecule has 1 fully saturated rings. The molecule has 2 unspecified atom stereocenters. The summed E-state index contributed by atoms with van der Waals surface area (Å²) in [7, 11) is 0. The summed E-state index contributed by atoms with van der Waals surface area (Å²) >= 11 is 1.39. The summed E-state index contributed by atoms with van der Waals surface area (Å²) < 4.78 is 0. The zero-order valence-corrected chi connectivity index (χ0v) is 9.20. The van der Waals surface area contributed by atoms with Crippen molar-refractivity contribution in [3.05, 3.63) is 35.4 Å². The van der Waals surface area contributed by atoms with Crippen molar-refractivity contribution in [3.63, 3.8) is 0 Å². The van der Waals surface area contributed by atoms with Crippen LogP contribution in [0.25, 0.3) is 0 Å². The first-order valence-electron chi connectivity index (χ1n) is 4.81. The Hall–Kier alpha value is -1.51. The molecular weight excluding hydrogens is 224 g/mol. The Morgan fingerprint density at radius 2 is 2.19 bits per heavy atom. The van der Waals surface area contributed by atoms with E-state index in [0.29, 0.717) is 5.56 Å². The summed E-state index contributed by atoms with van der Waals surface area (Å²) in [6.07, 6.45) is 0. The molecule has 0 aromatic heterocycles. The number of nitrogens with zero attached hydrogens (tertiary/aromatic N) is 1. The molecule has 5 heteroatoms. The van der Waals surface area contributed by atoms with Gasteiger partial charge in [-0.15, -0.1) is 11.8 Å². The number of carboxylic acid groups (broad SMARTS) is 1. The van der Waals surface area contributed by atoms with Crippen molar-refractivity contribution in [2.45, 2.75) is 11.4 Å². The van der Waals surface area contributed by atoms with E-state index in [1.807, 2.05) is 12.1 Å². The van der Waals surface area contributed by atoms with E-state index in [1.165, 1.54) is 11.8 Å². The monoisotopic (exact) mass is 234 g/mol. The third-order valence-electron chi connectivity index (χ3n) is 2.45. The van der Waals surface area contributed by atoms with Crippen LogP contribution < -0.4 is 5.32 Å². The summed E-state index contributed by atoms with van der Waals surface area (Å²) in [6.45, 7) is 0. The summed E-state index contributed by atoms with van der Waals surface area (Å²) in [6, 6.07) is 9.32. The molecule has 0 bridgehead atoms. The van der Waals surface area contributed by atoms with Crippen LogP contribution in [-0.2, 0) is 4.79 Å². The molecule has 2 rings (SSSR count). The Labute approximate surface area is 97.3 Å². The lowest BCUT2D eigenvalue weighted by Gasteiger charge is -2.10. The van der Waals surface area contributed by atoms with Crippen molar-refractivity contribution in [2.75, 3.05) is 5.75 Å². The van der Waals surface area contributed by atoms with E-state index in [1.54, 1.807) is 12.1 Å². The second-order valence-electron chi connectivity index (χ2n) is 3.50. The average molecular weight is 234 g/mol. The Kier molecular flexibility index (Phi) is 3.13. The fraction of sp³-hybridized carbons (Fsp3) is 0.273. The molecule has 1 aromatic carbocycles. The maximum Gasteiger partial charge on any atom is 0.331 e. The molecule has 0 saturated carbocycles. The smallest absolute Gasteiger partial charge is 0.331 e. The third kappa shape index (κ3) is 2.18. The number of aliphatic carboxylic acids is 1. The second-order valence-corrected chi connectivity index (χ2v) is 4.64. The molecule has 2 N–H and O–H groups in total. The molecule has 2 atom stereocenters. The van der Waals surface area contributed by atoms with Crippen molar-refractivity contribution in [1.29, 1.82) is 5.26 Å². The molecule has 1 heterocycles. The summed E-state index contributed by atoms with van der Waals surface area (Å²) in [5.74, 6) is -0.0933. The van der Waals surface area contributed by atoms with Gasteiger partial charge in [-0.1, -0.05) is 12.1 Å². The van der Waals surface area contributed by atoms with E-state index in [4.69, 9.17) is 10.4 Å². The van der Waals surface area contributed by atoms with E-state index < -0.39 is 11.3 Å². The number of nitrogens with one attached hydrogen (secondary N) is 1. The Morgan fingerprint density at radius 3 is 2.69 bits per heavy atom. The number of carbonyl (C=O) groups is 1. The van der Waals surface area contributed by atoms with Crippen LogP contribution in [0.15, 0.2) is 24.3 Å². The van der Waals surface area contributed by atoms with E-state index in [0.717, 1.165) is 11.3 Å². The van der Waals surface area contributed by atoms with Gasteiger partial charge in [0, 0.05) is 11.8 Å². The fourth-order valence-electron chi connectivity index (χ4n) is 1.60. The maximum atomic E-state index is 10.8. The van der Waals surface area contributed by atoms with Gasteiger partial charge in [0.05, 0.1) is 11.6 Å². The highest BCUT2D eigenvalue weighted by atomic mass is 32.2. The highest BCUT2D eigenvalue weighted by Crippen LogP contribution is 2.29. The molecule has 1 saturated heterocycles. The summed E-state index contributed by atoms with van der Waals surface area (Å²) in [5, 5.41) is 20.0. The van der Waals surface area contributed by atoms with Crippen LogP contribution in [0, 0.1) is 11.3 Å². The third-order valence-corrected chi connectivity index (χ3v) is 3.65. The molecule has 0 aliphatic carbocycles. The number of rotatable bonds is 2. The lowest BCUT2D eigenvalue weighted by atomic mass is 10.1. The zero-order chi connectivity index (χ0) is 11.5. The number of hydrogen-bond donors (Lipinski definition) is 2. The maximum absolute atomic E-state index is 10.8. The zero-order valence-electron chi connectivity index (χ0n) is 8.38. The molecule has 0 amide bonds. The quantitative estimate of drug-likeness (QED) is 0.808. The van der Waals surface area contributed by atoms with Gasteiger partial charge < -0.3 is 5.11 Å². The molecule has 0 radical (unpaired) electrons. The van der Waals surface area contributed by atoms with Crippen molar-refractivity contribution < 1.29 is 9.90 Å². The molecule has 1 aliphatic rings. The van der Waals surface area contributed by atoms with Gasteiger partial charge >= 0.3 is 5.97 Å². The first kappa shape index (κ1) is 11.0. The average Bonchev–Trinajstić information content (AvgIpc) is 2.78. The van der Waals surface area contributed by atoms with Gasteiger partial charge in [0.25, 0.3) is 0 Å². The van der Waals surface area contributed by atoms with Crippen molar-refractivity contribution in [2.24, 2.45) is 0 Å². The van der Waals surface area contributed by atoms with Crippen molar-refractivity contribution in [1.82, 2.24) is 5.32 Å². The number of nitriles is 1. The molecule has 1 aliphatic heterocycles. The normalized spacial score (nSPS) is 23.9. The topological polar surface area (TPSA) is 73.1 Å². The van der Waals surface area contributed by atoms with Gasteiger partial charge in [-0.2, -0.15) is 5.26 Å². The predicted molar refractivity (Wildman–Crippen MR) is 60.9 cm³/mol. The molecular formula is C11H10N2O2S. The minimum absolute atomic E-state index is 0.0545. The predicted octanol–water partition coefficient (Wildman–Crippen LogP) is 1.35. The first-order chi connectivity index (χ1) is 7.70. The van der Waals surface area contributed by atoms with E-state index >= 15 is 0 Å². The second kappa shape index (κ2) is 4.56. The van der Waals surface area contributed by atoms with E-state index in [9.17, 15) is 4.79 Å². The SMILES string of the molecule is N#Cc1ccc(C2CSC(C(=O)O)N2)cc1. The van der Waals surface area contributed by atoms with Gasteiger partial charge in [-0.25, -0.2) is 4.79 Å². The van der Waals surface area contributed by atoms with Gasteiger partial charge in [0.1, 0.15) is 0 Å². The number of hydrogen-bond acceptors (Lipinski definition) is 4. The standard InChI is InChI=1S/C11H10N2O2S/c12-5-7-1-3-8(4-2-7)9-6-16-10(13-9)11(14)15/h1-4,9-10,13H,6H2,(H,14,15). The van der Waals surface area contributed by atoms with E-state index in [-0.39, 0.29) is 6.04 Å². The van der Waals surface area contributed by atoms with Gasteiger partial charge in [0.15, 0.2) is 5.37 Å². The minimum atomic E-state index is -0.832. The lowest BCUT2D eigenvalue weighted by molar-refractivity contribution is -0.137. The van der Waals surface area contributed by atoms with Crippen LogP contribution >= 0.6 is 11.8 Å². The van der Waals surface area contributed by atoms with Crippen LogP contribution in [0.4, 0.5) is 0 Å².